The molecule has 1 amide bonds. The molecule has 8 nitrogen and oxygen atoms in total. The van der Waals surface area contributed by atoms with E-state index in [2.05, 4.69) is 39.6 Å². The Morgan fingerprint density at radius 1 is 1.22 bits per heavy atom. The second-order valence-corrected chi connectivity index (χ2v) is 7.75. The van der Waals surface area contributed by atoms with Crippen molar-refractivity contribution in [2.45, 2.75) is 18.1 Å². The van der Waals surface area contributed by atoms with E-state index in [0.717, 1.165) is 26.2 Å². The highest BCUT2D eigenvalue weighted by molar-refractivity contribution is 5.92. The van der Waals surface area contributed by atoms with E-state index in [9.17, 15) is 18.0 Å². The van der Waals surface area contributed by atoms with Gasteiger partial charge in [0.15, 0.2) is 0 Å². The molecule has 1 aromatic heterocycles. The predicted octanol–water partition coefficient (Wildman–Crippen LogP) is 2.20. The number of fused-ring (bicyclic) bond motifs is 3. The Hall–Kier alpha value is -2.92. The topological polar surface area (TPSA) is 96.7 Å². The van der Waals surface area contributed by atoms with Crippen molar-refractivity contribution in [1.82, 2.24) is 20.0 Å². The summed E-state index contributed by atoms with van der Waals surface area (Å²) in [4.78, 5) is 24.1. The first-order valence-electron chi connectivity index (χ1n) is 10.0. The summed E-state index contributed by atoms with van der Waals surface area (Å²) >= 11 is 0. The van der Waals surface area contributed by atoms with Crippen molar-refractivity contribution in [1.29, 1.82) is 0 Å². The van der Waals surface area contributed by atoms with E-state index in [4.69, 9.17) is 14.6 Å². The number of nitrogens with zero attached hydrogens (tertiary/aromatic N) is 3. The molecule has 174 valence electrons. The molecular formula is C21H25F3N4O4. The zero-order chi connectivity index (χ0) is 23.5. The van der Waals surface area contributed by atoms with Crippen LogP contribution in [0.15, 0.2) is 36.5 Å². The molecule has 3 atom stereocenters. The van der Waals surface area contributed by atoms with E-state index in [1.807, 2.05) is 0 Å². The first kappa shape index (κ1) is 23.7. The van der Waals surface area contributed by atoms with Crippen LogP contribution in [0, 0.1) is 5.92 Å². The van der Waals surface area contributed by atoms with Gasteiger partial charge in [0, 0.05) is 51.8 Å². The number of amides is 1. The highest BCUT2D eigenvalue weighted by Crippen LogP contribution is 2.49. The summed E-state index contributed by atoms with van der Waals surface area (Å²) in [5, 5.41) is 14.5. The van der Waals surface area contributed by atoms with E-state index in [1.54, 1.807) is 31.1 Å². The number of carboxylic acid groups (broad SMARTS) is 1. The average molecular weight is 454 g/mol. The number of halogens is 3. The minimum atomic E-state index is -5.08. The number of likely N-dealkylation sites (tertiary alicyclic amines) is 1. The van der Waals surface area contributed by atoms with Crippen LogP contribution in [0.2, 0.25) is 0 Å². The molecule has 0 bridgehead atoms. The summed E-state index contributed by atoms with van der Waals surface area (Å²) in [5.41, 5.74) is 3.23. The number of rotatable bonds is 5. The third-order valence-corrected chi connectivity index (χ3v) is 5.79. The van der Waals surface area contributed by atoms with Gasteiger partial charge < -0.3 is 20.1 Å². The maximum atomic E-state index is 12.7. The van der Waals surface area contributed by atoms with Crippen molar-refractivity contribution in [2.24, 2.45) is 13.0 Å². The van der Waals surface area contributed by atoms with Crippen LogP contribution in [-0.2, 0) is 16.6 Å². The lowest BCUT2D eigenvalue weighted by Gasteiger charge is -2.22. The lowest BCUT2D eigenvalue weighted by atomic mass is 9.94. The number of benzene rings is 1. The number of hydrogen-bond acceptors (Lipinski definition) is 5. The summed E-state index contributed by atoms with van der Waals surface area (Å²) in [5.74, 6) is -1.93. The molecule has 2 heterocycles. The van der Waals surface area contributed by atoms with Crippen LogP contribution in [0.5, 0.6) is 0 Å². The molecule has 0 radical (unpaired) electrons. The maximum absolute atomic E-state index is 12.7. The molecule has 2 aromatic rings. The van der Waals surface area contributed by atoms with Gasteiger partial charge in [0.05, 0.1) is 12.6 Å². The lowest BCUT2D eigenvalue weighted by Crippen LogP contribution is -2.35. The van der Waals surface area contributed by atoms with Crippen LogP contribution < -0.4 is 5.32 Å². The average Bonchev–Trinajstić information content (AvgIpc) is 3.42. The quantitative estimate of drug-likeness (QED) is 0.719. The number of aryl methyl sites for hydroxylation is 1. The molecule has 2 N–H and O–H groups in total. The van der Waals surface area contributed by atoms with Crippen molar-refractivity contribution in [3.8, 4) is 0 Å². The molecule has 1 fully saturated rings. The van der Waals surface area contributed by atoms with Gasteiger partial charge in [-0.15, -0.1) is 0 Å². The van der Waals surface area contributed by atoms with Gasteiger partial charge in [-0.2, -0.15) is 18.3 Å². The smallest absolute Gasteiger partial charge is 0.475 e. The van der Waals surface area contributed by atoms with Crippen molar-refractivity contribution in [2.75, 3.05) is 33.4 Å². The number of ether oxygens (including phenoxy) is 1. The van der Waals surface area contributed by atoms with E-state index < -0.39 is 12.1 Å². The Balaban J connectivity index is 0.000000360. The maximum Gasteiger partial charge on any atom is 0.490 e. The third kappa shape index (κ3) is 5.10. The molecule has 1 aliphatic carbocycles. The van der Waals surface area contributed by atoms with Crippen LogP contribution in [-0.4, -0.2) is 71.2 Å². The van der Waals surface area contributed by atoms with Gasteiger partial charge in [0.2, 0.25) is 0 Å². The fourth-order valence-corrected chi connectivity index (χ4v) is 4.34. The van der Waals surface area contributed by atoms with Crippen LogP contribution in [0.25, 0.3) is 0 Å². The monoisotopic (exact) mass is 454 g/mol. The number of aliphatic carboxylic acids is 1. The number of carbonyl (C=O) groups excluding carboxylic acids is 1. The molecule has 0 spiro atoms. The van der Waals surface area contributed by atoms with Crippen molar-refractivity contribution >= 4 is 11.9 Å². The Bertz CT molecular complexity index is 963. The Kier molecular flexibility index (Phi) is 7.19. The van der Waals surface area contributed by atoms with Crippen molar-refractivity contribution in [3.05, 3.63) is 53.3 Å². The second-order valence-electron chi connectivity index (χ2n) is 7.75. The summed E-state index contributed by atoms with van der Waals surface area (Å²) < 4.78 is 38.6. The van der Waals surface area contributed by atoms with Gasteiger partial charge in [-0.1, -0.05) is 24.3 Å². The molecule has 32 heavy (non-hydrogen) atoms. The summed E-state index contributed by atoms with van der Waals surface area (Å²) in [6, 6.07) is 10.3. The van der Waals surface area contributed by atoms with Gasteiger partial charge in [-0.3, -0.25) is 9.48 Å². The molecule has 4 rings (SSSR count). The molecule has 1 aliphatic heterocycles. The van der Waals surface area contributed by atoms with Crippen LogP contribution in [0.4, 0.5) is 13.2 Å². The van der Waals surface area contributed by atoms with Gasteiger partial charge in [0.1, 0.15) is 5.69 Å². The zero-order valence-electron chi connectivity index (χ0n) is 17.7. The first-order chi connectivity index (χ1) is 15.1. The SMILES string of the molecule is COCCN1C[C@@H]2[C@H](NC(=O)c3ccnn3C)c3ccccc3[C@@H]2C1.O=C(O)C(F)(F)F. The van der Waals surface area contributed by atoms with E-state index >= 15 is 0 Å². The van der Waals surface area contributed by atoms with Gasteiger partial charge in [0.25, 0.3) is 5.91 Å². The van der Waals surface area contributed by atoms with Crippen molar-refractivity contribution in [3.63, 3.8) is 0 Å². The standard InChI is InChI=1S/C19H24N4O2.C2HF3O2/c1-22-17(7-8-20-22)19(24)21-18-14-6-4-3-5-13(14)15-11-23(9-10-25-2)12-16(15)18;3-2(4,5)1(6)7/h3-8,15-16,18H,9-12H2,1-2H3,(H,21,24);(H,6,7)/t15-,16-,18+;/m0./s1. The summed E-state index contributed by atoms with van der Waals surface area (Å²) in [6.07, 6.45) is -3.43. The molecule has 2 aliphatic rings. The number of alkyl halides is 3. The summed E-state index contributed by atoms with van der Waals surface area (Å²) in [6.45, 7) is 3.70. The molecule has 0 saturated carbocycles. The zero-order valence-corrected chi connectivity index (χ0v) is 17.7. The second kappa shape index (κ2) is 9.70. The Morgan fingerprint density at radius 3 is 2.44 bits per heavy atom. The summed E-state index contributed by atoms with van der Waals surface area (Å²) in [7, 11) is 3.53. The van der Waals surface area contributed by atoms with E-state index in [1.165, 1.54) is 11.1 Å². The van der Waals surface area contributed by atoms with Crippen molar-refractivity contribution < 1.29 is 32.6 Å². The minimum absolute atomic E-state index is 0.0520. The fourth-order valence-electron chi connectivity index (χ4n) is 4.34. The Morgan fingerprint density at radius 2 is 1.88 bits per heavy atom. The largest absolute Gasteiger partial charge is 0.490 e. The van der Waals surface area contributed by atoms with Crippen LogP contribution >= 0.6 is 0 Å². The van der Waals surface area contributed by atoms with E-state index in [0.29, 0.717) is 17.5 Å². The fraction of sp³-hybridized carbons (Fsp3) is 0.476. The molecule has 11 heteroatoms. The van der Waals surface area contributed by atoms with Gasteiger partial charge in [-0.25, -0.2) is 4.79 Å². The van der Waals surface area contributed by atoms with Crippen LogP contribution in [0.3, 0.4) is 0 Å². The third-order valence-electron chi connectivity index (χ3n) is 5.79. The molecular weight excluding hydrogens is 429 g/mol. The molecule has 1 saturated heterocycles. The highest BCUT2D eigenvalue weighted by atomic mass is 19.4. The molecule has 0 unspecified atom stereocenters. The number of hydrogen-bond donors (Lipinski definition) is 2. The van der Waals surface area contributed by atoms with Gasteiger partial charge >= 0.3 is 12.1 Å². The first-order valence-corrected chi connectivity index (χ1v) is 10.0. The van der Waals surface area contributed by atoms with Gasteiger partial charge in [-0.05, 0) is 17.2 Å². The Labute approximate surface area is 183 Å². The number of methoxy groups -OCH3 is 1. The van der Waals surface area contributed by atoms with Crippen LogP contribution in [0.1, 0.15) is 33.6 Å². The highest BCUT2D eigenvalue weighted by Gasteiger charge is 2.46. The molecule has 1 aromatic carbocycles. The number of aromatic nitrogens is 2. The lowest BCUT2D eigenvalue weighted by molar-refractivity contribution is -0.192. The minimum Gasteiger partial charge on any atom is -0.475 e. The number of nitrogens with one attached hydrogen (secondary N) is 1. The predicted molar refractivity (Wildman–Crippen MR) is 108 cm³/mol. The normalized spacial score (nSPS) is 22.0. The number of carbonyl (C=O) groups is 2. The van der Waals surface area contributed by atoms with E-state index in [-0.39, 0.29) is 11.9 Å². The number of carboxylic acids is 1.